The van der Waals surface area contributed by atoms with Gasteiger partial charge in [0, 0.05) is 21.6 Å². The summed E-state index contributed by atoms with van der Waals surface area (Å²) in [4.78, 5) is 8.77. The number of rotatable bonds is 8. The third kappa shape index (κ3) is 4.43. The van der Waals surface area contributed by atoms with Crippen LogP contribution in [0, 0.1) is 0 Å². The Balaban J connectivity index is 1.93. The fourth-order valence-electron chi connectivity index (χ4n) is 2.67. The lowest BCUT2D eigenvalue weighted by Crippen LogP contribution is -2.01. The molecular weight excluding hydrogens is 394 g/mol. The number of hydrogen-bond acceptors (Lipinski definition) is 5. The van der Waals surface area contributed by atoms with Crippen molar-refractivity contribution in [2.45, 2.75) is 26.2 Å². The summed E-state index contributed by atoms with van der Waals surface area (Å²) in [6.45, 7) is 2.84. The third-order valence-corrected chi connectivity index (χ3v) is 4.51. The quantitative estimate of drug-likeness (QED) is 0.477. The predicted octanol–water partition coefficient (Wildman–Crippen LogP) is 5.71. The Labute approximate surface area is 161 Å². The zero-order valence-corrected chi connectivity index (χ0v) is 16.5. The molecular formula is C20H22BrN3O2. The van der Waals surface area contributed by atoms with Crippen LogP contribution in [-0.2, 0) is 0 Å². The van der Waals surface area contributed by atoms with Crippen molar-refractivity contribution in [3.63, 3.8) is 0 Å². The molecule has 6 heteroatoms. The summed E-state index contributed by atoms with van der Waals surface area (Å²) < 4.78 is 12.4. The molecule has 1 heterocycles. The standard InChI is InChI=1S/C20H22BrN3O2/c1-3-4-5-9-26-19-11-16-17(12-18(19)25-2)22-13-23-20(16)24-15-8-6-7-14(21)10-15/h6-8,10-13H,3-5,9H2,1-2H3,(H,22,23,24). The van der Waals surface area contributed by atoms with Gasteiger partial charge in [-0.3, -0.25) is 0 Å². The number of fused-ring (bicyclic) bond motifs is 1. The van der Waals surface area contributed by atoms with Gasteiger partial charge in [-0.25, -0.2) is 9.97 Å². The highest BCUT2D eigenvalue weighted by atomic mass is 79.9. The van der Waals surface area contributed by atoms with Crippen LogP contribution in [-0.4, -0.2) is 23.7 Å². The maximum absolute atomic E-state index is 5.95. The van der Waals surface area contributed by atoms with Gasteiger partial charge in [-0.1, -0.05) is 41.8 Å². The molecule has 0 radical (unpaired) electrons. The van der Waals surface area contributed by atoms with E-state index in [1.807, 2.05) is 36.4 Å². The van der Waals surface area contributed by atoms with Crippen molar-refractivity contribution in [1.82, 2.24) is 9.97 Å². The molecule has 0 unspecified atom stereocenters. The monoisotopic (exact) mass is 415 g/mol. The van der Waals surface area contributed by atoms with Gasteiger partial charge in [0.15, 0.2) is 11.5 Å². The first-order valence-corrected chi connectivity index (χ1v) is 9.48. The van der Waals surface area contributed by atoms with Crippen LogP contribution >= 0.6 is 15.9 Å². The van der Waals surface area contributed by atoms with Crippen molar-refractivity contribution in [3.8, 4) is 11.5 Å². The molecule has 3 aromatic rings. The maximum atomic E-state index is 5.95. The predicted molar refractivity (Wildman–Crippen MR) is 109 cm³/mol. The van der Waals surface area contributed by atoms with E-state index in [4.69, 9.17) is 9.47 Å². The van der Waals surface area contributed by atoms with Crippen molar-refractivity contribution in [2.24, 2.45) is 0 Å². The second-order valence-corrected chi connectivity index (χ2v) is 6.85. The Kier molecular flexibility index (Phi) is 6.28. The molecule has 1 N–H and O–H groups in total. The average molecular weight is 416 g/mol. The van der Waals surface area contributed by atoms with Crippen LogP contribution in [0.1, 0.15) is 26.2 Å². The zero-order chi connectivity index (χ0) is 18.4. The van der Waals surface area contributed by atoms with Crippen molar-refractivity contribution in [3.05, 3.63) is 47.2 Å². The molecule has 0 aliphatic heterocycles. The largest absolute Gasteiger partial charge is 0.493 e. The molecule has 0 bridgehead atoms. The van der Waals surface area contributed by atoms with E-state index in [1.54, 1.807) is 13.4 Å². The number of methoxy groups -OCH3 is 1. The van der Waals surface area contributed by atoms with Crippen LogP contribution in [0.5, 0.6) is 11.5 Å². The highest BCUT2D eigenvalue weighted by Gasteiger charge is 2.12. The van der Waals surface area contributed by atoms with Gasteiger partial charge in [0.05, 0.1) is 19.2 Å². The molecule has 136 valence electrons. The van der Waals surface area contributed by atoms with E-state index in [1.165, 1.54) is 0 Å². The number of anilines is 2. The SMILES string of the molecule is CCCCCOc1cc2c(Nc3cccc(Br)c3)ncnc2cc1OC. The van der Waals surface area contributed by atoms with Crippen molar-refractivity contribution in [2.75, 3.05) is 19.0 Å². The molecule has 0 spiro atoms. The fraction of sp³-hybridized carbons (Fsp3) is 0.300. The second kappa shape index (κ2) is 8.85. The lowest BCUT2D eigenvalue weighted by atomic mass is 10.2. The molecule has 0 aliphatic carbocycles. The number of halogens is 1. The van der Waals surface area contributed by atoms with Gasteiger partial charge in [-0.2, -0.15) is 0 Å². The van der Waals surface area contributed by atoms with E-state index in [0.29, 0.717) is 18.1 Å². The first-order valence-electron chi connectivity index (χ1n) is 8.69. The van der Waals surface area contributed by atoms with E-state index in [-0.39, 0.29) is 0 Å². The van der Waals surface area contributed by atoms with Crippen molar-refractivity contribution < 1.29 is 9.47 Å². The average Bonchev–Trinajstić information content (AvgIpc) is 2.65. The summed E-state index contributed by atoms with van der Waals surface area (Å²) in [6.07, 6.45) is 4.87. The van der Waals surface area contributed by atoms with Crippen LogP contribution in [0.15, 0.2) is 47.2 Å². The number of benzene rings is 2. The summed E-state index contributed by atoms with van der Waals surface area (Å²) in [5, 5.41) is 4.24. The van der Waals surface area contributed by atoms with Gasteiger partial charge in [-0.15, -0.1) is 0 Å². The highest BCUT2D eigenvalue weighted by Crippen LogP contribution is 2.35. The number of hydrogen-bond donors (Lipinski definition) is 1. The van der Waals surface area contributed by atoms with E-state index in [2.05, 4.69) is 38.1 Å². The van der Waals surface area contributed by atoms with Crippen LogP contribution in [0.3, 0.4) is 0 Å². The first-order chi connectivity index (χ1) is 12.7. The molecule has 0 saturated carbocycles. The fourth-order valence-corrected chi connectivity index (χ4v) is 3.07. The molecule has 0 amide bonds. The summed E-state index contributed by atoms with van der Waals surface area (Å²) in [5.41, 5.74) is 1.75. The minimum absolute atomic E-state index is 0.664. The van der Waals surface area contributed by atoms with Crippen molar-refractivity contribution in [1.29, 1.82) is 0 Å². The van der Waals surface area contributed by atoms with E-state index >= 15 is 0 Å². The molecule has 0 atom stereocenters. The second-order valence-electron chi connectivity index (χ2n) is 5.93. The normalized spacial score (nSPS) is 10.7. The smallest absolute Gasteiger partial charge is 0.162 e. The van der Waals surface area contributed by atoms with Crippen LogP contribution in [0.2, 0.25) is 0 Å². The Morgan fingerprint density at radius 3 is 2.73 bits per heavy atom. The molecule has 0 fully saturated rings. The van der Waals surface area contributed by atoms with E-state index in [9.17, 15) is 0 Å². The summed E-state index contributed by atoms with van der Waals surface area (Å²) in [7, 11) is 1.64. The Hall–Kier alpha value is -2.34. The van der Waals surface area contributed by atoms with Gasteiger partial charge in [-0.05, 0) is 30.7 Å². The molecule has 0 aliphatic rings. The van der Waals surface area contributed by atoms with E-state index < -0.39 is 0 Å². The van der Waals surface area contributed by atoms with Gasteiger partial charge in [0.25, 0.3) is 0 Å². The maximum Gasteiger partial charge on any atom is 0.162 e. The minimum Gasteiger partial charge on any atom is -0.493 e. The first kappa shape index (κ1) is 18.5. The lowest BCUT2D eigenvalue weighted by Gasteiger charge is -2.14. The van der Waals surface area contributed by atoms with Gasteiger partial charge >= 0.3 is 0 Å². The Morgan fingerprint density at radius 1 is 1.08 bits per heavy atom. The van der Waals surface area contributed by atoms with Crippen LogP contribution < -0.4 is 14.8 Å². The number of nitrogens with zero attached hydrogens (tertiary/aromatic N) is 2. The summed E-state index contributed by atoms with van der Waals surface area (Å²) in [6, 6.07) is 11.8. The van der Waals surface area contributed by atoms with Crippen molar-refractivity contribution >= 4 is 38.3 Å². The number of unbranched alkanes of at least 4 members (excludes halogenated alkanes) is 2. The molecule has 1 aromatic heterocycles. The third-order valence-electron chi connectivity index (χ3n) is 4.01. The van der Waals surface area contributed by atoms with Gasteiger partial charge < -0.3 is 14.8 Å². The molecule has 3 rings (SSSR count). The Morgan fingerprint density at radius 2 is 1.96 bits per heavy atom. The summed E-state index contributed by atoms with van der Waals surface area (Å²) in [5.74, 6) is 2.12. The minimum atomic E-state index is 0.664. The number of aromatic nitrogens is 2. The zero-order valence-electron chi connectivity index (χ0n) is 15.0. The van der Waals surface area contributed by atoms with Crippen LogP contribution in [0.25, 0.3) is 10.9 Å². The highest BCUT2D eigenvalue weighted by molar-refractivity contribution is 9.10. The van der Waals surface area contributed by atoms with E-state index in [0.717, 1.165) is 46.1 Å². The summed E-state index contributed by atoms with van der Waals surface area (Å²) >= 11 is 3.49. The molecule has 5 nitrogen and oxygen atoms in total. The lowest BCUT2D eigenvalue weighted by molar-refractivity contribution is 0.286. The number of ether oxygens (including phenoxy) is 2. The number of nitrogens with one attached hydrogen (secondary N) is 1. The molecule has 2 aromatic carbocycles. The van der Waals surface area contributed by atoms with Crippen LogP contribution in [0.4, 0.5) is 11.5 Å². The topological polar surface area (TPSA) is 56.3 Å². The van der Waals surface area contributed by atoms with Gasteiger partial charge in [0.1, 0.15) is 12.1 Å². The van der Waals surface area contributed by atoms with Gasteiger partial charge in [0.2, 0.25) is 0 Å². The molecule has 26 heavy (non-hydrogen) atoms. The molecule has 0 saturated heterocycles. The Bertz CT molecular complexity index is 886.